The quantitative estimate of drug-likeness (QED) is 0.852. The lowest BCUT2D eigenvalue weighted by molar-refractivity contribution is 0.0624. The largest absolute Gasteiger partial charge is 0.468 e. The van der Waals surface area contributed by atoms with Gasteiger partial charge in [-0.3, -0.25) is 14.5 Å². The van der Waals surface area contributed by atoms with Gasteiger partial charge in [-0.05, 0) is 18.9 Å². The maximum absolute atomic E-state index is 12.9. The van der Waals surface area contributed by atoms with Gasteiger partial charge in [0.15, 0.2) is 5.78 Å². The van der Waals surface area contributed by atoms with Gasteiger partial charge in [-0.2, -0.15) is 0 Å². The van der Waals surface area contributed by atoms with E-state index >= 15 is 0 Å². The number of carbonyl (C=O) groups excluding carboxylic acids is 2. The number of benzene rings is 1. The number of aryl methyl sites for hydroxylation is 2. The Labute approximate surface area is 153 Å². The van der Waals surface area contributed by atoms with E-state index in [2.05, 4.69) is 36.1 Å². The number of hydrogen-bond donors (Lipinski definition) is 0. The fourth-order valence-corrected chi connectivity index (χ4v) is 3.93. The van der Waals surface area contributed by atoms with Crippen LogP contribution in [-0.4, -0.2) is 47.7 Å². The standard InChI is InChI=1S/C21H24N2O3/c1-15-4-2-5-16(12-15)13-22-8-10-23(11-9-22)21(25)17-14-26-19-7-3-6-18(24)20(17)19/h2,4-5,12,14H,3,6-11,13H2,1H3. The van der Waals surface area contributed by atoms with Crippen LogP contribution in [0.1, 0.15) is 50.4 Å². The molecule has 0 bridgehead atoms. The van der Waals surface area contributed by atoms with Crippen molar-refractivity contribution in [2.24, 2.45) is 0 Å². The lowest BCUT2D eigenvalue weighted by Gasteiger charge is -2.34. The van der Waals surface area contributed by atoms with Crippen molar-refractivity contribution in [3.63, 3.8) is 0 Å². The van der Waals surface area contributed by atoms with Gasteiger partial charge in [0, 0.05) is 45.6 Å². The molecule has 1 fully saturated rings. The maximum Gasteiger partial charge on any atom is 0.257 e. The van der Waals surface area contributed by atoms with Gasteiger partial charge in [0.25, 0.3) is 5.91 Å². The number of rotatable bonds is 3. The van der Waals surface area contributed by atoms with Gasteiger partial charge < -0.3 is 9.32 Å². The third-order valence-electron chi connectivity index (χ3n) is 5.33. The maximum atomic E-state index is 12.9. The SMILES string of the molecule is Cc1cccc(CN2CCN(C(=O)c3coc4c3C(=O)CCC4)CC2)c1. The Kier molecular flexibility index (Phi) is 4.64. The van der Waals surface area contributed by atoms with E-state index in [4.69, 9.17) is 4.42 Å². The average molecular weight is 352 g/mol. The van der Waals surface area contributed by atoms with Crippen molar-refractivity contribution < 1.29 is 14.0 Å². The highest BCUT2D eigenvalue weighted by atomic mass is 16.3. The molecule has 1 amide bonds. The first-order valence-electron chi connectivity index (χ1n) is 9.32. The molecule has 1 aromatic carbocycles. The average Bonchev–Trinajstić information content (AvgIpc) is 3.07. The number of hydrogen-bond acceptors (Lipinski definition) is 4. The number of nitrogens with zero attached hydrogens (tertiary/aromatic N) is 2. The minimum Gasteiger partial charge on any atom is -0.468 e. The number of carbonyl (C=O) groups is 2. The highest BCUT2D eigenvalue weighted by molar-refractivity contribution is 6.09. The van der Waals surface area contributed by atoms with Crippen LogP contribution in [0.15, 0.2) is 34.9 Å². The molecule has 2 aromatic rings. The van der Waals surface area contributed by atoms with Gasteiger partial charge in [-0.1, -0.05) is 29.8 Å². The molecule has 4 rings (SSSR count). The molecule has 0 radical (unpaired) electrons. The van der Waals surface area contributed by atoms with E-state index in [9.17, 15) is 9.59 Å². The Hall–Kier alpha value is -2.40. The molecule has 1 aliphatic carbocycles. The van der Waals surface area contributed by atoms with Crippen LogP contribution >= 0.6 is 0 Å². The van der Waals surface area contributed by atoms with E-state index in [1.807, 2.05) is 4.90 Å². The Bertz CT molecular complexity index is 832. The molecule has 1 aromatic heterocycles. The zero-order valence-corrected chi connectivity index (χ0v) is 15.2. The molecule has 2 heterocycles. The first kappa shape index (κ1) is 17.0. The van der Waals surface area contributed by atoms with Gasteiger partial charge >= 0.3 is 0 Å². The highest BCUT2D eigenvalue weighted by Crippen LogP contribution is 2.27. The van der Waals surface area contributed by atoms with Crippen molar-refractivity contribution in [2.45, 2.75) is 32.7 Å². The molecule has 5 nitrogen and oxygen atoms in total. The molecule has 1 aliphatic heterocycles. The molecule has 0 atom stereocenters. The van der Waals surface area contributed by atoms with Crippen LogP contribution in [0.2, 0.25) is 0 Å². The molecule has 0 N–H and O–H groups in total. The van der Waals surface area contributed by atoms with E-state index in [1.165, 1.54) is 17.4 Å². The molecular formula is C21H24N2O3. The van der Waals surface area contributed by atoms with Crippen LogP contribution in [0.3, 0.4) is 0 Å². The topological polar surface area (TPSA) is 53.8 Å². The van der Waals surface area contributed by atoms with Crippen LogP contribution in [0.4, 0.5) is 0 Å². The fourth-order valence-electron chi connectivity index (χ4n) is 3.93. The van der Waals surface area contributed by atoms with Crippen molar-refractivity contribution in [3.8, 4) is 0 Å². The predicted octanol–water partition coefficient (Wildman–Crippen LogP) is 3.07. The number of amides is 1. The second kappa shape index (κ2) is 7.08. The summed E-state index contributed by atoms with van der Waals surface area (Å²) in [5, 5.41) is 0. The summed E-state index contributed by atoms with van der Waals surface area (Å²) in [5.41, 5.74) is 3.56. The van der Waals surface area contributed by atoms with Crippen molar-refractivity contribution in [3.05, 3.63) is 58.5 Å². The molecule has 5 heteroatoms. The third kappa shape index (κ3) is 3.31. The molecule has 1 saturated heterocycles. The summed E-state index contributed by atoms with van der Waals surface area (Å²) in [4.78, 5) is 29.3. The van der Waals surface area contributed by atoms with E-state index < -0.39 is 0 Å². The summed E-state index contributed by atoms with van der Waals surface area (Å²) in [6.07, 6.45) is 3.55. The summed E-state index contributed by atoms with van der Waals surface area (Å²) in [6, 6.07) is 8.55. The molecule has 136 valence electrons. The zero-order valence-electron chi connectivity index (χ0n) is 15.2. The molecule has 0 unspecified atom stereocenters. The van der Waals surface area contributed by atoms with Crippen LogP contribution in [0, 0.1) is 6.92 Å². The van der Waals surface area contributed by atoms with Gasteiger partial charge in [-0.15, -0.1) is 0 Å². The van der Waals surface area contributed by atoms with Crippen LogP contribution in [0.25, 0.3) is 0 Å². The summed E-state index contributed by atoms with van der Waals surface area (Å²) < 4.78 is 5.50. The van der Waals surface area contributed by atoms with Crippen molar-refractivity contribution in [2.75, 3.05) is 26.2 Å². The minimum absolute atomic E-state index is 0.0430. The van der Waals surface area contributed by atoms with Gasteiger partial charge in [-0.25, -0.2) is 0 Å². The van der Waals surface area contributed by atoms with Gasteiger partial charge in [0.1, 0.15) is 12.0 Å². The van der Waals surface area contributed by atoms with Gasteiger partial charge in [0.05, 0.1) is 11.1 Å². The number of ketones is 1. The number of fused-ring (bicyclic) bond motifs is 1. The number of piperazine rings is 1. The van der Waals surface area contributed by atoms with Crippen LogP contribution < -0.4 is 0 Å². The second-order valence-electron chi connectivity index (χ2n) is 7.28. The predicted molar refractivity (Wildman–Crippen MR) is 98.3 cm³/mol. The molecule has 0 spiro atoms. The smallest absolute Gasteiger partial charge is 0.257 e. The Morgan fingerprint density at radius 2 is 1.96 bits per heavy atom. The van der Waals surface area contributed by atoms with Crippen molar-refractivity contribution in [1.29, 1.82) is 0 Å². The fraction of sp³-hybridized carbons (Fsp3) is 0.429. The monoisotopic (exact) mass is 352 g/mol. The Morgan fingerprint density at radius 3 is 2.73 bits per heavy atom. The Morgan fingerprint density at radius 1 is 1.15 bits per heavy atom. The molecule has 2 aliphatic rings. The number of furan rings is 1. The van der Waals surface area contributed by atoms with E-state index in [0.29, 0.717) is 36.4 Å². The summed E-state index contributed by atoms with van der Waals surface area (Å²) >= 11 is 0. The van der Waals surface area contributed by atoms with E-state index in [-0.39, 0.29) is 11.7 Å². The minimum atomic E-state index is -0.0690. The van der Waals surface area contributed by atoms with Crippen LogP contribution in [-0.2, 0) is 13.0 Å². The molecule has 0 saturated carbocycles. The zero-order chi connectivity index (χ0) is 18.1. The normalized spacial score (nSPS) is 18.0. The molecular weight excluding hydrogens is 328 g/mol. The van der Waals surface area contributed by atoms with E-state index in [0.717, 1.165) is 32.5 Å². The van der Waals surface area contributed by atoms with Gasteiger partial charge in [0.2, 0.25) is 0 Å². The summed E-state index contributed by atoms with van der Waals surface area (Å²) in [6.45, 7) is 6.05. The Balaban J connectivity index is 1.40. The first-order chi connectivity index (χ1) is 12.6. The summed E-state index contributed by atoms with van der Waals surface area (Å²) in [7, 11) is 0. The van der Waals surface area contributed by atoms with Crippen molar-refractivity contribution in [1.82, 2.24) is 9.80 Å². The van der Waals surface area contributed by atoms with Crippen LogP contribution in [0.5, 0.6) is 0 Å². The second-order valence-corrected chi connectivity index (χ2v) is 7.28. The van der Waals surface area contributed by atoms with E-state index in [1.54, 1.807) is 0 Å². The lowest BCUT2D eigenvalue weighted by Crippen LogP contribution is -2.48. The van der Waals surface area contributed by atoms with Crippen molar-refractivity contribution >= 4 is 11.7 Å². The first-order valence-corrected chi connectivity index (χ1v) is 9.32. The third-order valence-corrected chi connectivity index (χ3v) is 5.33. The highest BCUT2D eigenvalue weighted by Gasteiger charge is 2.31. The lowest BCUT2D eigenvalue weighted by atomic mass is 9.93. The number of Topliss-reactive ketones (excluding diaryl/α,β-unsaturated/α-hetero) is 1. The molecule has 26 heavy (non-hydrogen) atoms. The summed E-state index contributed by atoms with van der Waals surface area (Å²) in [5.74, 6) is 0.657.